The Morgan fingerprint density at radius 1 is 1.17 bits per heavy atom. The summed E-state index contributed by atoms with van der Waals surface area (Å²) in [5.74, 6) is 1.21. The molecule has 2 aliphatic rings. The van der Waals surface area contributed by atoms with Crippen molar-refractivity contribution in [2.45, 2.75) is 51.1 Å². The quantitative estimate of drug-likeness (QED) is 0.681. The van der Waals surface area contributed by atoms with E-state index in [9.17, 15) is 8.42 Å². The van der Waals surface area contributed by atoms with Gasteiger partial charge in [-0.3, -0.25) is 0 Å². The van der Waals surface area contributed by atoms with Crippen LogP contribution in [0.3, 0.4) is 0 Å². The van der Waals surface area contributed by atoms with E-state index in [2.05, 4.69) is 9.55 Å². The van der Waals surface area contributed by atoms with Crippen LogP contribution < -0.4 is 11.5 Å². The number of sulfonamides is 1. The first kappa shape index (κ1) is 25.9. The van der Waals surface area contributed by atoms with Crippen LogP contribution in [0.5, 0.6) is 0 Å². The Labute approximate surface area is 183 Å². The second-order valence-corrected chi connectivity index (χ2v) is 9.35. The van der Waals surface area contributed by atoms with Gasteiger partial charge in [0.25, 0.3) is 0 Å². The van der Waals surface area contributed by atoms with Gasteiger partial charge in [-0.15, -0.1) is 24.8 Å². The summed E-state index contributed by atoms with van der Waals surface area (Å²) in [6.07, 6.45) is 7.09. The van der Waals surface area contributed by atoms with E-state index < -0.39 is 10.0 Å². The van der Waals surface area contributed by atoms with E-state index in [0.29, 0.717) is 24.4 Å². The summed E-state index contributed by atoms with van der Waals surface area (Å²) in [5.41, 5.74) is 16.0. The molecular weight excluding hydrogens is 439 g/mol. The third kappa shape index (κ3) is 4.62. The van der Waals surface area contributed by atoms with E-state index >= 15 is 0 Å². The standard InChI is InChI=1S/C17H26N6O2S.2ClH.H2O/c1-26(24,25)22-9-11(5-4-8-18)23-14(10-22)21-15-16(23)12-6-2-3-7-13(12)20-17(15)19;;;/h11H,2-10,18H2,1H3,(H2,19,20);2*1H;1H2/t11-;;;/m0.../s1. The lowest BCUT2D eigenvalue weighted by molar-refractivity contribution is 0.272. The third-order valence-electron chi connectivity index (χ3n) is 5.51. The first-order chi connectivity index (χ1) is 12.4. The highest BCUT2D eigenvalue weighted by atomic mass is 35.5. The van der Waals surface area contributed by atoms with Gasteiger partial charge >= 0.3 is 0 Å². The zero-order chi connectivity index (χ0) is 18.5. The molecule has 3 heterocycles. The molecular formula is C17H30Cl2N6O3S. The van der Waals surface area contributed by atoms with Gasteiger partial charge in [0.15, 0.2) is 5.82 Å². The van der Waals surface area contributed by atoms with E-state index in [-0.39, 0.29) is 42.9 Å². The Morgan fingerprint density at radius 2 is 1.86 bits per heavy atom. The fraction of sp³-hybridized carbons (Fsp3) is 0.647. The molecule has 0 saturated carbocycles. The van der Waals surface area contributed by atoms with Crippen molar-refractivity contribution in [3.8, 4) is 0 Å². The highest BCUT2D eigenvalue weighted by Gasteiger charge is 2.34. The van der Waals surface area contributed by atoms with Crippen LogP contribution >= 0.6 is 24.8 Å². The fourth-order valence-corrected chi connectivity index (χ4v) is 5.08. The van der Waals surface area contributed by atoms with E-state index in [1.165, 1.54) is 16.1 Å². The average molecular weight is 469 g/mol. The molecule has 9 nitrogen and oxygen atoms in total. The van der Waals surface area contributed by atoms with Gasteiger partial charge < -0.3 is 21.5 Å². The van der Waals surface area contributed by atoms with Crippen molar-refractivity contribution in [1.82, 2.24) is 18.8 Å². The summed E-state index contributed by atoms with van der Waals surface area (Å²) in [5, 5.41) is 0. The molecule has 0 spiro atoms. The molecule has 0 fully saturated rings. The van der Waals surface area contributed by atoms with Crippen LogP contribution in [-0.4, -0.2) is 52.1 Å². The number of rotatable bonds is 4. The molecule has 2 aromatic heterocycles. The molecule has 1 aliphatic heterocycles. The maximum absolute atomic E-state index is 12.2. The van der Waals surface area contributed by atoms with Crippen LogP contribution in [0, 0.1) is 0 Å². The lowest BCUT2D eigenvalue weighted by Gasteiger charge is -2.33. The first-order valence-corrected chi connectivity index (χ1v) is 11.1. The van der Waals surface area contributed by atoms with Crippen molar-refractivity contribution < 1.29 is 13.9 Å². The number of fused-ring (bicyclic) bond motifs is 5. The Morgan fingerprint density at radius 3 is 2.52 bits per heavy atom. The Bertz CT molecular complexity index is 966. The molecule has 4 rings (SSSR count). The topological polar surface area (TPSA) is 152 Å². The Balaban J connectivity index is 0.00000140. The molecule has 0 radical (unpaired) electrons. The highest BCUT2D eigenvalue weighted by molar-refractivity contribution is 7.88. The minimum atomic E-state index is -3.29. The smallest absolute Gasteiger partial charge is 0.211 e. The van der Waals surface area contributed by atoms with Gasteiger partial charge in [-0.1, -0.05) is 0 Å². The number of halogens is 2. The van der Waals surface area contributed by atoms with Crippen LogP contribution in [0.4, 0.5) is 5.82 Å². The first-order valence-electron chi connectivity index (χ1n) is 9.23. The minimum Gasteiger partial charge on any atom is -0.412 e. The molecule has 0 amide bonds. The predicted molar refractivity (Wildman–Crippen MR) is 119 cm³/mol. The number of anilines is 1. The maximum atomic E-state index is 12.2. The van der Waals surface area contributed by atoms with Gasteiger partial charge in [0.1, 0.15) is 11.3 Å². The Kier molecular flexibility index (Phi) is 8.70. The monoisotopic (exact) mass is 468 g/mol. The van der Waals surface area contributed by atoms with E-state index in [1.54, 1.807) is 0 Å². The number of nitrogen functional groups attached to an aromatic ring is 1. The number of hydrogen-bond acceptors (Lipinski definition) is 6. The summed E-state index contributed by atoms with van der Waals surface area (Å²) in [4.78, 5) is 9.31. The van der Waals surface area contributed by atoms with E-state index in [0.717, 1.165) is 55.6 Å². The van der Waals surface area contributed by atoms with Gasteiger partial charge in [0.05, 0.1) is 18.3 Å². The van der Waals surface area contributed by atoms with E-state index in [4.69, 9.17) is 16.5 Å². The lowest BCUT2D eigenvalue weighted by atomic mass is 9.94. The zero-order valence-corrected chi connectivity index (χ0v) is 18.9. The SMILES string of the molecule is CS(=O)(=O)N1Cc2nc3c(N)nc4c(c3n2[C@@H](CCCN)C1)CCCC4.Cl.Cl.O. The number of hydrogen-bond donors (Lipinski definition) is 2. The van der Waals surface area contributed by atoms with Crippen molar-refractivity contribution in [3.63, 3.8) is 0 Å². The lowest BCUT2D eigenvalue weighted by Crippen LogP contribution is -2.40. The molecule has 2 aromatic rings. The summed E-state index contributed by atoms with van der Waals surface area (Å²) >= 11 is 0. The van der Waals surface area contributed by atoms with E-state index in [1.807, 2.05) is 0 Å². The van der Waals surface area contributed by atoms with Gasteiger partial charge in [-0.05, 0) is 50.6 Å². The van der Waals surface area contributed by atoms with Crippen molar-refractivity contribution in [2.75, 3.05) is 25.1 Å². The van der Waals surface area contributed by atoms with Gasteiger partial charge in [-0.2, -0.15) is 4.31 Å². The number of pyridine rings is 1. The van der Waals surface area contributed by atoms with Crippen molar-refractivity contribution in [3.05, 3.63) is 17.1 Å². The number of nitrogens with two attached hydrogens (primary N) is 2. The van der Waals surface area contributed by atoms with Crippen molar-refractivity contribution >= 4 is 51.7 Å². The second-order valence-electron chi connectivity index (χ2n) is 7.36. The largest absolute Gasteiger partial charge is 0.412 e. The molecule has 0 saturated heterocycles. The molecule has 0 unspecified atom stereocenters. The van der Waals surface area contributed by atoms with Crippen molar-refractivity contribution in [2.24, 2.45) is 5.73 Å². The maximum Gasteiger partial charge on any atom is 0.211 e. The van der Waals surface area contributed by atoms with Crippen LogP contribution in [0.2, 0.25) is 0 Å². The molecule has 29 heavy (non-hydrogen) atoms. The number of aryl methyl sites for hydroxylation is 2. The normalized spacial score (nSPS) is 18.8. The van der Waals surface area contributed by atoms with Crippen LogP contribution in [0.1, 0.15) is 48.8 Å². The number of imidazole rings is 1. The van der Waals surface area contributed by atoms with Gasteiger partial charge in [0.2, 0.25) is 10.0 Å². The highest BCUT2D eigenvalue weighted by Crippen LogP contribution is 2.37. The molecule has 6 N–H and O–H groups in total. The average Bonchev–Trinajstić information content (AvgIpc) is 2.99. The molecule has 0 bridgehead atoms. The van der Waals surface area contributed by atoms with Crippen LogP contribution in [0.15, 0.2) is 0 Å². The van der Waals surface area contributed by atoms with Crippen LogP contribution in [-0.2, 0) is 29.4 Å². The molecule has 0 aromatic carbocycles. The summed E-state index contributed by atoms with van der Waals surface area (Å²) in [6.45, 7) is 1.31. The molecule has 1 aliphatic carbocycles. The fourth-order valence-electron chi connectivity index (χ4n) is 4.28. The number of nitrogens with zero attached hydrogens (tertiary/aromatic N) is 4. The molecule has 12 heteroatoms. The summed E-state index contributed by atoms with van der Waals surface area (Å²) in [7, 11) is -3.29. The Hall–Kier alpha value is -1.17. The predicted octanol–water partition coefficient (Wildman–Crippen LogP) is 0.966. The van der Waals surface area contributed by atoms with Crippen molar-refractivity contribution in [1.29, 1.82) is 0 Å². The summed E-state index contributed by atoms with van der Waals surface area (Å²) < 4.78 is 28.1. The zero-order valence-electron chi connectivity index (χ0n) is 16.4. The summed E-state index contributed by atoms with van der Waals surface area (Å²) in [6, 6.07) is 0.0230. The minimum absolute atomic E-state index is 0. The second kappa shape index (κ2) is 9.76. The molecule has 1 atom stereocenters. The van der Waals surface area contributed by atoms with Gasteiger partial charge in [-0.25, -0.2) is 18.4 Å². The molecule has 166 valence electrons. The van der Waals surface area contributed by atoms with Crippen LogP contribution in [0.25, 0.3) is 11.0 Å². The van der Waals surface area contributed by atoms with Gasteiger partial charge in [0, 0.05) is 18.3 Å². The number of aromatic nitrogens is 3. The third-order valence-corrected chi connectivity index (χ3v) is 6.73.